The third kappa shape index (κ3) is 3.78. The molecule has 21 heavy (non-hydrogen) atoms. The highest BCUT2D eigenvalue weighted by Gasteiger charge is 2.47. The Balaban J connectivity index is 3.31. The van der Waals surface area contributed by atoms with Gasteiger partial charge in [-0.3, -0.25) is 4.79 Å². The van der Waals surface area contributed by atoms with Gasteiger partial charge in [0.1, 0.15) is 5.75 Å². The fourth-order valence-electron chi connectivity index (χ4n) is 3.40. The molecule has 2 nitrogen and oxygen atoms in total. The van der Waals surface area contributed by atoms with Crippen LogP contribution in [0.5, 0.6) is 5.75 Å². The lowest BCUT2D eigenvalue weighted by Gasteiger charge is -2.42. The van der Waals surface area contributed by atoms with Crippen LogP contribution in [0.15, 0.2) is 24.3 Å². The standard InChI is InChI=1S/C17H27BrO2Si/c1-12(2)21(13(3)4,14(5)6)20-17-10-8-7-9-15(17)16(19)11-18/h7-10,12-14H,11H2,1-6H3. The first kappa shape index (κ1) is 18.4. The number of ketones is 1. The van der Waals surface area contributed by atoms with Crippen LogP contribution in [0.3, 0.4) is 0 Å². The van der Waals surface area contributed by atoms with Crippen LogP contribution >= 0.6 is 15.9 Å². The molecule has 1 aromatic rings. The van der Waals surface area contributed by atoms with Gasteiger partial charge in [-0.15, -0.1) is 0 Å². The molecule has 0 aliphatic heterocycles. The van der Waals surface area contributed by atoms with Gasteiger partial charge in [-0.2, -0.15) is 0 Å². The van der Waals surface area contributed by atoms with E-state index < -0.39 is 8.32 Å². The zero-order chi connectivity index (χ0) is 16.2. The Labute approximate surface area is 138 Å². The molecule has 0 bridgehead atoms. The first-order valence-corrected chi connectivity index (χ1v) is 10.9. The van der Waals surface area contributed by atoms with Gasteiger partial charge in [-0.05, 0) is 28.8 Å². The van der Waals surface area contributed by atoms with Crippen molar-refractivity contribution in [3.8, 4) is 5.75 Å². The quantitative estimate of drug-likeness (QED) is 0.343. The Morgan fingerprint density at radius 1 is 1.05 bits per heavy atom. The molecule has 0 saturated carbocycles. The van der Waals surface area contributed by atoms with Gasteiger partial charge in [0.15, 0.2) is 5.78 Å². The van der Waals surface area contributed by atoms with Crippen LogP contribution in [0.4, 0.5) is 0 Å². The summed E-state index contributed by atoms with van der Waals surface area (Å²) in [5.41, 5.74) is 2.16. The molecule has 0 aliphatic rings. The van der Waals surface area contributed by atoms with Crippen molar-refractivity contribution in [2.45, 2.75) is 58.2 Å². The summed E-state index contributed by atoms with van der Waals surface area (Å²) < 4.78 is 6.64. The molecule has 0 atom stereocenters. The SMILES string of the molecule is CC(C)[Si](Oc1ccccc1C(=O)CBr)(C(C)C)C(C)C. The summed E-state index contributed by atoms with van der Waals surface area (Å²) in [6.07, 6.45) is 0. The number of hydrogen-bond donors (Lipinski definition) is 0. The molecule has 0 spiro atoms. The molecule has 0 aromatic heterocycles. The monoisotopic (exact) mass is 370 g/mol. The van der Waals surface area contributed by atoms with Crippen molar-refractivity contribution in [2.24, 2.45) is 0 Å². The van der Waals surface area contributed by atoms with Gasteiger partial charge in [-0.25, -0.2) is 0 Å². The number of rotatable bonds is 7. The van der Waals surface area contributed by atoms with Crippen molar-refractivity contribution in [2.75, 3.05) is 5.33 Å². The maximum Gasteiger partial charge on any atom is 0.258 e. The molecule has 0 unspecified atom stereocenters. The van der Waals surface area contributed by atoms with Crippen LogP contribution in [-0.4, -0.2) is 19.4 Å². The van der Waals surface area contributed by atoms with E-state index in [9.17, 15) is 4.79 Å². The maximum atomic E-state index is 12.1. The van der Waals surface area contributed by atoms with Crippen molar-refractivity contribution in [1.82, 2.24) is 0 Å². The van der Waals surface area contributed by atoms with Crippen molar-refractivity contribution in [3.63, 3.8) is 0 Å². The van der Waals surface area contributed by atoms with E-state index in [0.717, 1.165) is 5.75 Å². The summed E-state index contributed by atoms with van der Waals surface area (Å²) in [7, 11) is -2.03. The number of hydrogen-bond acceptors (Lipinski definition) is 2. The Bertz CT molecular complexity index is 462. The maximum absolute atomic E-state index is 12.1. The minimum absolute atomic E-state index is 0.0739. The second-order valence-electron chi connectivity index (χ2n) is 6.47. The number of alkyl halides is 1. The van der Waals surface area contributed by atoms with Crippen LogP contribution in [-0.2, 0) is 0 Å². The van der Waals surface area contributed by atoms with E-state index in [0.29, 0.717) is 27.5 Å². The summed E-state index contributed by atoms with van der Waals surface area (Å²) >= 11 is 3.26. The molecule has 0 heterocycles. The molecule has 118 valence electrons. The molecule has 0 aliphatic carbocycles. The van der Waals surface area contributed by atoms with E-state index in [2.05, 4.69) is 57.5 Å². The Morgan fingerprint density at radius 2 is 1.52 bits per heavy atom. The number of carbonyl (C=O) groups is 1. The minimum atomic E-state index is -2.03. The van der Waals surface area contributed by atoms with E-state index in [1.807, 2.05) is 24.3 Å². The highest BCUT2D eigenvalue weighted by Crippen LogP contribution is 2.43. The summed E-state index contributed by atoms with van der Waals surface area (Å²) in [5.74, 6) is 0.828. The first-order chi connectivity index (χ1) is 9.77. The highest BCUT2D eigenvalue weighted by atomic mass is 79.9. The Hall–Kier alpha value is -0.613. The lowest BCUT2D eigenvalue weighted by atomic mass is 10.1. The van der Waals surface area contributed by atoms with Crippen LogP contribution < -0.4 is 4.43 Å². The van der Waals surface area contributed by atoms with Crippen LogP contribution in [0.2, 0.25) is 16.6 Å². The fraction of sp³-hybridized carbons (Fsp3) is 0.588. The largest absolute Gasteiger partial charge is 0.542 e. The zero-order valence-electron chi connectivity index (χ0n) is 13.9. The number of Topliss-reactive ketones (excluding diaryl/α,β-unsaturated/α-hetero) is 1. The van der Waals surface area contributed by atoms with Gasteiger partial charge in [0.2, 0.25) is 0 Å². The van der Waals surface area contributed by atoms with Crippen molar-refractivity contribution in [3.05, 3.63) is 29.8 Å². The number of para-hydroxylation sites is 1. The topological polar surface area (TPSA) is 26.3 Å². The predicted octanol–water partition coefficient (Wildman–Crippen LogP) is 5.82. The Kier molecular flexibility index (Phi) is 6.66. The Morgan fingerprint density at radius 3 is 1.95 bits per heavy atom. The molecule has 4 heteroatoms. The molecule has 0 fully saturated rings. The molecular formula is C17H27BrO2Si. The van der Waals surface area contributed by atoms with E-state index in [4.69, 9.17) is 4.43 Å². The normalized spacial score (nSPS) is 12.3. The van der Waals surface area contributed by atoms with Crippen LogP contribution in [0, 0.1) is 0 Å². The third-order valence-corrected chi connectivity index (χ3v) is 10.8. The second-order valence-corrected chi connectivity index (χ2v) is 12.4. The molecular weight excluding hydrogens is 344 g/mol. The van der Waals surface area contributed by atoms with Crippen molar-refractivity contribution >= 4 is 30.0 Å². The van der Waals surface area contributed by atoms with Crippen molar-refractivity contribution in [1.29, 1.82) is 0 Å². The first-order valence-electron chi connectivity index (χ1n) is 7.64. The summed E-state index contributed by atoms with van der Waals surface area (Å²) in [4.78, 5) is 12.1. The molecule has 0 N–H and O–H groups in total. The smallest absolute Gasteiger partial charge is 0.258 e. The number of benzene rings is 1. The molecule has 0 saturated heterocycles. The molecule has 1 rings (SSSR count). The summed E-state index contributed by atoms with van der Waals surface area (Å²) in [5, 5.41) is 0.326. The number of halogens is 1. The van der Waals surface area contributed by atoms with Gasteiger partial charge < -0.3 is 4.43 Å². The zero-order valence-corrected chi connectivity index (χ0v) is 16.5. The van der Waals surface area contributed by atoms with E-state index >= 15 is 0 Å². The lowest BCUT2D eigenvalue weighted by molar-refractivity contribution is 0.102. The molecule has 1 aromatic carbocycles. The van der Waals surface area contributed by atoms with Gasteiger partial charge in [-0.1, -0.05) is 69.6 Å². The van der Waals surface area contributed by atoms with Gasteiger partial charge in [0.25, 0.3) is 8.32 Å². The summed E-state index contributed by atoms with van der Waals surface area (Å²) in [6.45, 7) is 13.5. The van der Waals surface area contributed by atoms with Gasteiger partial charge in [0, 0.05) is 0 Å². The minimum Gasteiger partial charge on any atom is -0.542 e. The molecule has 0 amide bonds. The molecule has 0 radical (unpaired) electrons. The van der Waals surface area contributed by atoms with E-state index in [1.54, 1.807) is 0 Å². The average molecular weight is 371 g/mol. The van der Waals surface area contributed by atoms with Crippen LogP contribution in [0.1, 0.15) is 51.9 Å². The number of carbonyl (C=O) groups excluding carboxylic acids is 1. The lowest BCUT2D eigenvalue weighted by Crippen LogP contribution is -2.51. The van der Waals surface area contributed by atoms with Gasteiger partial charge >= 0.3 is 0 Å². The predicted molar refractivity (Wildman–Crippen MR) is 96.2 cm³/mol. The van der Waals surface area contributed by atoms with Crippen LogP contribution in [0.25, 0.3) is 0 Å². The van der Waals surface area contributed by atoms with E-state index in [-0.39, 0.29) is 5.78 Å². The van der Waals surface area contributed by atoms with Crippen molar-refractivity contribution < 1.29 is 9.22 Å². The average Bonchev–Trinajstić information content (AvgIpc) is 2.43. The third-order valence-electron chi connectivity index (χ3n) is 4.30. The fourth-order valence-corrected chi connectivity index (χ4v) is 8.97. The van der Waals surface area contributed by atoms with E-state index in [1.165, 1.54) is 0 Å². The van der Waals surface area contributed by atoms with Gasteiger partial charge in [0.05, 0.1) is 10.9 Å². The highest BCUT2D eigenvalue weighted by molar-refractivity contribution is 9.09. The summed E-state index contributed by atoms with van der Waals surface area (Å²) in [6, 6.07) is 7.64. The second kappa shape index (κ2) is 7.59.